The quantitative estimate of drug-likeness (QED) is 0.203. The fourth-order valence-corrected chi connectivity index (χ4v) is 4.59. The van der Waals surface area contributed by atoms with Crippen LogP contribution in [0.5, 0.6) is 0 Å². The Morgan fingerprint density at radius 3 is 1.66 bits per heavy atom. The molecule has 14 heteroatoms. The first-order valence-corrected chi connectivity index (χ1v) is 12.2. The van der Waals surface area contributed by atoms with Crippen LogP contribution in [0.2, 0.25) is 0 Å². The summed E-state index contributed by atoms with van der Waals surface area (Å²) in [5.74, 6) is -4.30. The van der Waals surface area contributed by atoms with Crippen molar-refractivity contribution in [1.29, 1.82) is 0 Å². The molecule has 1 N–H and O–H groups in total. The number of hydrogen-bond donors (Lipinski definition) is 1. The Labute approximate surface area is 227 Å². The van der Waals surface area contributed by atoms with E-state index in [4.69, 9.17) is 0 Å². The van der Waals surface area contributed by atoms with E-state index in [0.29, 0.717) is 11.1 Å². The minimum atomic E-state index is -4.56. The highest BCUT2D eigenvalue weighted by atomic mass is 19.4. The first kappa shape index (κ1) is 28.3. The molecule has 0 unspecified atom stereocenters. The first-order valence-electron chi connectivity index (χ1n) is 12.2. The van der Waals surface area contributed by atoms with Crippen molar-refractivity contribution in [1.82, 2.24) is 15.0 Å². The summed E-state index contributed by atoms with van der Waals surface area (Å²) in [7, 11) is 0. The number of piperazine rings is 1. The molecule has 3 heterocycles. The molecule has 41 heavy (non-hydrogen) atoms. The standard InChI is InChI=1S/C27H20F9N5/c1-14-19(28)20(29)23(30)39-24(14)40-10-12-41(13-11-40)25-37-21(15-2-6-17(7-3-15)26(31,32)33)22(38-25)16-4-8-18(9-5-16)27(34,35)36/h2-9H,10-13H2,1H3,(H,37,38). The van der Waals surface area contributed by atoms with Gasteiger partial charge in [0.05, 0.1) is 22.5 Å². The van der Waals surface area contributed by atoms with Crippen molar-refractivity contribution in [2.45, 2.75) is 19.3 Å². The summed E-state index contributed by atoms with van der Waals surface area (Å²) in [6.45, 7) is 2.22. The Morgan fingerprint density at radius 1 is 0.659 bits per heavy atom. The molecular weight excluding hydrogens is 565 g/mol. The van der Waals surface area contributed by atoms with Crippen LogP contribution in [0.1, 0.15) is 16.7 Å². The minimum Gasteiger partial charge on any atom is -0.353 e. The van der Waals surface area contributed by atoms with Crippen LogP contribution < -0.4 is 9.80 Å². The van der Waals surface area contributed by atoms with Crippen LogP contribution >= 0.6 is 0 Å². The third kappa shape index (κ3) is 5.55. The average molecular weight is 585 g/mol. The van der Waals surface area contributed by atoms with Crippen LogP contribution in [0.4, 0.5) is 51.3 Å². The number of anilines is 2. The van der Waals surface area contributed by atoms with E-state index >= 15 is 0 Å². The number of benzene rings is 2. The van der Waals surface area contributed by atoms with Crippen molar-refractivity contribution in [2.75, 3.05) is 36.0 Å². The number of nitrogens with one attached hydrogen (secondary N) is 1. The first-order chi connectivity index (χ1) is 19.2. The van der Waals surface area contributed by atoms with Crippen LogP contribution in [0.25, 0.3) is 22.5 Å². The van der Waals surface area contributed by atoms with Crippen LogP contribution in [0, 0.1) is 24.5 Å². The summed E-state index contributed by atoms with van der Waals surface area (Å²) in [6, 6.07) is 8.46. The molecule has 0 spiro atoms. The number of halogens is 9. The highest BCUT2D eigenvalue weighted by Gasteiger charge is 2.32. The SMILES string of the molecule is Cc1c(N2CCN(c3nc(-c4ccc(C(F)(F)F)cc4)c(-c4ccc(C(F)(F)F)cc4)[nH]3)CC2)nc(F)c(F)c1F. The average Bonchev–Trinajstić information content (AvgIpc) is 3.39. The molecule has 216 valence electrons. The van der Waals surface area contributed by atoms with Crippen LogP contribution in [-0.4, -0.2) is 41.1 Å². The molecule has 1 fully saturated rings. The highest BCUT2D eigenvalue weighted by Crippen LogP contribution is 2.37. The molecular formula is C27H20F9N5. The van der Waals surface area contributed by atoms with Crippen molar-refractivity contribution < 1.29 is 39.5 Å². The largest absolute Gasteiger partial charge is 0.416 e. The zero-order valence-corrected chi connectivity index (χ0v) is 21.1. The van der Waals surface area contributed by atoms with Gasteiger partial charge in [-0.15, -0.1) is 0 Å². The smallest absolute Gasteiger partial charge is 0.353 e. The van der Waals surface area contributed by atoms with Gasteiger partial charge in [-0.1, -0.05) is 24.3 Å². The maximum atomic E-state index is 14.1. The maximum absolute atomic E-state index is 14.1. The van der Waals surface area contributed by atoms with Gasteiger partial charge in [0.15, 0.2) is 5.82 Å². The van der Waals surface area contributed by atoms with Crippen LogP contribution in [0.3, 0.4) is 0 Å². The maximum Gasteiger partial charge on any atom is 0.416 e. The number of imidazole rings is 1. The van der Waals surface area contributed by atoms with Crippen molar-refractivity contribution in [3.8, 4) is 22.5 Å². The normalized spacial score (nSPS) is 14.6. The number of hydrogen-bond acceptors (Lipinski definition) is 4. The zero-order chi connectivity index (χ0) is 29.7. The second-order valence-corrected chi connectivity index (χ2v) is 9.39. The molecule has 0 amide bonds. The number of rotatable bonds is 4. The summed E-state index contributed by atoms with van der Waals surface area (Å²) in [4.78, 5) is 14.5. The van der Waals surface area contributed by atoms with Gasteiger partial charge >= 0.3 is 12.4 Å². The molecule has 0 bridgehead atoms. The molecule has 5 nitrogen and oxygen atoms in total. The lowest BCUT2D eigenvalue weighted by Gasteiger charge is -2.35. The lowest BCUT2D eigenvalue weighted by molar-refractivity contribution is -0.138. The predicted octanol–water partition coefficient (Wildman–Crippen LogP) is 7.23. The summed E-state index contributed by atoms with van der Waals surface area (Å²) in [5.41, 5.74) is -0.766. The van der Waals surface area contributed by atoms with Gasteiger partial charge < -0.3 is 14.8 Å². The monoisotopic (exact) mass is 585 g/mol. The summed E-state index contributed by atoms with van der Waals surface area (Å²) in [5, 5.41) is 0. The molecule has 0 atom stereocenters. The molecule has 0 saturated carbocycles. The Hall–Kier alpha value is -4.23. The van der Waals surface area contributed by atoms with E-state index in [2.05, 4.69) is 15.0 Å². The van der Waals surface area contributed by atoms with Gasteiger partial charge in [-0.05, 0) is 31.2 Å². The van der Waals surface area contributed by atoms with E-state index < -0.39 is 41.1 Å². The Kier molecular flexibility index (Phi) is 7.12. The topological polar surface area (TPSA) is 48.0 Å². The van der Waals surface area contributed by atoms with Gasteiger partial charge in [-0.2, -0.15) is 40.1 Å². The summed E-state index contributed by atoms with van der Waals surface area (Å²) in [6.07, 6.45) is -9.12. The van der Waals surface area contributed by atoms with Crippen molar-refractivity contribution in [2.24, 2.45) is 0 Å². The highest BCUT2D eigenvalue weighted by molar-refractivity contribution is 5.80. The number of alkyl halides is 6. The van der Waals surface area contributed by atoms with Crippen LogP contribution in [0.15, 0.2) is 48.5 Å². The number of pyridine rings is 1. The molecule has 2 aromatic heterocycles. The number of nitrogens with zero attached hydrogens (tertiary/aromatic N) is 4. The Balaban J connectivity index is 1.46. The van der Waals surface area contributed by atoms with E-state index in [1.807, 2.05) is 0 Å². The van der Waals surface area contributed by atoms with E-state index in [9.17, 15) is 39.5 Å². The van der Waals surface area contributed by atoms with Crippen molar-refractivity contribution >= 4 is 11.8 Å². The summed E-state index contributed by atoms with van der Waals surface area (Å²) < 4.78 is 120. The molecule has 0 aliphatic carbocycles. The van der Waals surface area contributed by atoms with Gasteiger partial charge in [0, 0.05) is 42.9 Å². The predicted molar refractivity (Wildman–Crippen MR) is 133 cm³/mol. The van der Waals surface area contributed by atoms with E-state index in [1.54, 1.807) is 9.80 Å². The van der Waals surface area contributed by atoms with Gasteiger partial charge in [0.1, 0.15) is 5.82 Å². The van der Waals surface area contributed by atoms with Crippen molar-refractivity contribution in [3.05, 3.63) is 82.8 Å². The van der Waals surface area contributed by atoms with Crippen LogP contribution in [-0.2, 0) is 12.4 Å². The second kappa shape index (κ2) is 10.3. The molecule has 5 rings (SSSR count). The minimum absolute atomic E-state index is 0.0450. The van der Waals surface area contributed by atoms with Gasteiger partial charge in [0.2, 0.25) is 11.8 Å². The molecule has 1 saturated heterocycles. The van der Waals surface area contributed by atoms with Gasteiger partial charge in [-0.25, -0.2) is 9.37 Å². The Morgan fingerprint density at radius 2 is 1.15 bits per heavy atom. The second-order valence-electron chi connectivity index (χ2n) is 9.39. The molecule has 1 aliphatic heterocycles. The third-order valence-corrected chi connectivity index (χ3v) is 6.80. The molecule has 1 aliphatic rings. The van der Waals surface area contributed by atoms with E-state index in [0.717, 1.165) is 24.3 Å². The number of aromatic nitrogens is 3. The van der Waals surface area contributed by atoms with E-state index in [-0.39, 0.29) is 54.9 Å². The summed E-state index contributed by atoms with van der Waals surface area (Å²) >= 11 is 0. The van der Waals surface area contributed by atoms with Gasteiger partial charge in [0.25, 0.3) is 5.95 Å². The van der Waals surface area contributed by atoms with E-state index in [1.165, 1.54) is 31.2 Å². The lowest BCUT2D eigenvalue weighted by atomic mass is 10.0. The number of H-pyrrole nitrogens is 1. The lowest BCUT2D eigenvalue weighted by Crippen LogP contribution is -2.47. The van der Waals surface area contributed by atoms with Crippen molar-refractivity contribution in [3.63, 3.8) is 0 Å². The fourth-order valence-electron chi connectivity index (χ4n) is 4.59. The Bertz CT molecular complexity index is 1480. The van der Waals surface area contributed by atoms with Gasteiger partial charge in [-0.3, -0.25) is 0 Å². The zero-order valence-electron chi connectivity index (χ0n) is 21.1. The molecule has 4 aromatic rings. The third-order valence-electron chi connectivity index (χ3n) is 6.80. The fraction of sp³-hybridized carbons (Fsp3) is 0.259. The molecule has 2 aromatic carbocycles. The molecule has 0 radical (unpaired) electrons. The number of aromatic amines is 1.